The van der Waals surface area contributed by atoms with Gasteiger partial charge in [0.05, 0.1) is 0 Å². The summed E-state index contributed by atoms with van der Waals surface area (Å²) in [5.41, 5.74) is 2.06. The van der Waals surface area contributed by atoms with E-state index in [4.69, 9.17) is 0 Å². The molecular formula is C18H27NO. The third-order valence-corrected chi connectivity index (χ3v) is 3.32. The van der Waals surface area contributed by atoms with Gasteiger partial charge in [0.25, 0.3) is 5.91 Å². The molecule has 0 spiro atoms. The van der Waals surface area contributed by atoms with Crippen molar-refractivity contribution in [2.45, 2.75) is 58.8 Å². The van der Waals surface area contributed by atoms with Gasteiger partial charge in [0.2, 0.25) is 0 Å². The van der Waals surface area contributed by atoms with E-state index in [1.54, 1.807) is 6.20 Å². The largest absolute Gasteiger partial charge is 0.329 e. The molecule has 20 heavy (non-hydrogen) atoms. The van der Waals surface area contributed by atoms with Gasteiger partial charge in [0, 0.05) is 11.8 Å². The number of hydrogen-bond donors (Lipinski definition) is 1. The van der Waals surface area contributed by atoms with Crippen LogP contribution in [0.1, 0.15) is 69.3 Å². The molecule has 0 radical (unpaired) electrons. The van der Waals surface area contributed by atoms with Crippen LogP contribution in [0.2, 0.25) is 0 Å². The van der Waals surface area contributed by atoms with Gasteiger partial charge in [-0.2, -0.15) is 0 Å². The van der Waals surface area contributed by atoms with Crippen LogP contribution >= 0.6 is 0 Å². The summed E-state index contributed by atoms with van der Waals surface area (Å²) < 4.78 is 0. The Morgan fingerprint density at radius 3 is 2.35 bits per heavy atom. The highest BCUT2D eigenvalue weighted by molar-refractivity contribution is 5.94. The molecule has 0 saturated carbocycles. The minimum atomic E-state index is -0.0443. The number of nitrogens with one attached hydrogen (secondary N) is 1. The highest BCUT2D eigenvalue weighted by atomic mass is 16.1. The molecule has 1 rings (SSSR count). The zero-order valence-electron chi connectivity index (χ0n) is 13.2. The summed E-state index contributed by atoms with van der Waals surface area (Å²) in [5.74, 6) is -0.0443. The van der Waals surface area contributed by atoms with E-state index < -0.39 is 0 Å². The van der Waals surface area contributed by atoms with Gasteiger partial charge < -0.3 is 5.32 Å². The molecule has 0 heterocycles. The lowest BCUT2D eigenvalue weighted by molar-refractivity contribution is 0.0970. The van der Waals surface area contributed by atoms with Gasteiger partial charge in [0.15, 0.2) is 0 Å². The summed E-state index contributed by atoms with van der Waals surface area (Å²) in [6.45, 7) is 8.69. The summed E-state index contributed by atoms with van der Waals surface area (Å²) in [4.78, 5) is 11.9. The van der Waals surface area contributed by atoms with Crippen molar-refractivity contribution in [1.29, 1.82) is 0 Å². The Labute approximate surface area is 123 Å². The first-order chi connectivity index (χ1) is 9.45. The van der Waals surface area contributed by atoms with E-state index in [0.717, 1.165) is 6.42 Å². The Morgan fingerprint density at radius 2 is 1.80 bits per heavy atom. The van der Waals surface area contributed by atoms with Crippen molar-refractivity contribution in [3.8, 4) is 0 Å². The van der Waals surface area contributed by atoms with Gasteiger partial charge in [-0.25, -0.2) is 0 Å². The first-order valence-electron chi connectivity index (χ1n) is 7.51. The molecule has 0 aliphatic heterocycles. The first-order valence-corrected chi connectivity index (χ1v) is 7.51. The highest BCUT2D eigenvalue weighted by Gasteiger charge is 2.13. The van der Waals surface area contributed by atoms with Crippen molar-refractivity contribution >= 4 is 5.91 Å². The molecule has 0 bridgehead atoms. The minimum Gasteiger partial charge on any atom is -0.329 e. The molecule has 1 N–H and O–H groups in total. The zero-order chi connectivity index (χ0) is 15.0. The summed E-state index contributed by atoms with van der Waals surface area (Å²) in [5, 5.41) is 2.81. The number of carbonyl (C=O) groups is 1. The van der Waals surface area contributed by atoms with E-state index in [0.29, 0.717) is 5.56 Å². The maximum atomic E-state index is 11.9. The number of carbonyl (C=O) groups excluding carboxylic acids is 1. The monoisotopic (exact) mass is 273 g/mol. The fourth-order valence-electron chi connectivity index (χ4n) is 1.94. The van der Waals surface area contributed by atoms with Crippen molar-refractivity contribution in [3.63, 3.8) is 0 Å². The van der Waals surface area contributed by atoms with Gasteiger partial charge in [-0.15, -0.1) is 0 Å². The molecule has 0 unspecified atom stereocenters. The first kappa shape index (κ1) is 16.5. The van der Waals surface area contributed by atoms with E-state index in [9.17, 15) is 4.79 Å². The fraction of sp³-hybridized carbons (Fsp3) is 0.500. The molecule has 0 atom stereocenters. The van der Waals surface area contributed by atoms with Crippen LogP contribution < -0.4 is 5.32 Å². The quantitative estimate of drug-likeness (QED) is 0.740. The predicted molar refractivity (Wildman–Crippen MR) is 85.9 cm³/mol. The molecule has 0 aliphatic rings. The van der Waals surface area contributed by atoms with Crippen molar-refractivity contribution in [3.05, 3.63) is 47.7 Å². The van der Waals surface area contributed by atoms with Crippen LogP contribution in [0.25, 0.3) is 0 Å². The summed E-state index contributed by atoms with van der Waals surface area (Å²) in [6.07, 6.45) is 8.46. The summed E-state index contributed by atoms with van der Waals surface area (Å²) in [7, 11) is 0. The molecule has 0 fully saturated rings. The Hall–Kier alpha value is -1.57. The average molecular weight is 273 g/mol. The van der Waals surface area contributed by atoms with E-state index in [1.165, 1.54) is 24.8 Å². The Kier molecular flexibility index (Phi) is 6.50. The lowest BCUT2D eigenvalue weighted by Crippen LogP contribution is -2.17. The number of benzene rings is 1. The van der Waals surface area contributed by atoms with Gasteiger partial charge in [-0.05, 0) is 36.0 Å². The fourth-order valence-corrected chi connectivity index (χ4v) is 1.94. The van der Waals surface area contributed by atoms with E-state index in [1.807, 2.05) is 30.3 Å². The van der Waals surface area contributed by atoms with Crippen LogP contribution in [-0.4, -0.2) is 5.91 Å². The van der Waals surface area contributed by atoms with Crippen LogP contribution in [0.15, 0.2) is 36.5 Å². The SMILES string of the molecule is CCCCC/C=C\NC(=O)c1ccc(C(C)(C)C)cc1. The Balaban J connectivity index is 2.48. The third-order valence-electron chi connectivity index (χ3n) is 3.32. The van der Waals surface area contributed by atoms with Crippen LogP contribution in [0.3, 0.4) is 0 Å². The van der Waals surface area contributed by atoms with E-state index in [-0.39, 0.29) is 11.3 Å². The molecular weight excluding hydrogens is 246 g/mol. The topological polar surface area (TPSA) is 29.1 Å². The molecule has 1 aromatic carbocycles. The van der Waals surface area contributed by atoms with Crippen LogP contribution in [0.4, 0.5) is 0 Å². The van der Waals surface area contributed by atoms with Crippen molar-refractivity contribution < 1.29 is 4.79 Å². The average Bonchev–Trinajstić information content (AvgIpc) is 2.41. The lowest BCUT2D eigenvalue weighted by atomic mass is 9.87. The second-order valence-corrected chi connectivity index (χ2v) is 6.20. The minimum absolute atomic E-state index is 0.0443. The zero-order valence-corrected chi connectivity index (χ0v) is 13.2. The molecule has 1 amide bonds. The van der Waals surface area contributed by atoms with Crippen molar-refractivity contribution in [2.75, 3.05) is 0 Å². The maximum Gasteiger partial charge on any atom is 0.255 e. The molecule has 0 aliphatic carbocycles. The van der Waals surface area contributed by atoms with Crippen LogP contribution in [-0.2, 0) is 5.41 Å². The standard InChI is InChI=1S/C18H27NO/c1-5-6-7-8-9-14-19-17(20)15-10-12-16(13-11-15)18(2,3)4/h9-14H,5-8H2,1-4H3,(H,19,20)/b14-9-. The van der Waals surface area contributed by atoms with Crippen LogP contribution in [0.5, 0.6) is 0 Å². The maximum absolute atomic E-state index is 11.9. The smallest absolute Gasteiger partial charge is 0.255 e. The Morgan fingerprint density at radius 1 is 1.15 bits per heavy atom. The highest BCUT2D eigenvalue weighted by Crippen LogP contribution is 2.22. The molecule has 2 nitrogen and oxygen atoms in total. The normalized spacial score (nSPS) is 11.8. The summed E-state index contributed by atoms with van der Waals surface area (Å²) in [6, 6.07) is 7.83. The Bertz CT molecular complexity index is 437. The molecule has 2 heteroatoms. The number of amides is 1. The number of rotatable bonds is 6. The summed E-state index contributed by atoms with van der Waals surface area (Å²) >= 11 is 0. The van der Waals surface area contributed by atoms with Gasteiger partial charge in [0.1, 0.15) is 0 Å². The van der Waals surface area contributed by atoms with Crippen molar-refractivity contribution in [1.82, 2.24) is 5.32 Å². The number of allylic oxidation sites excluding steroid dienone is 1. The molecule has 0 aromatic heterocycles. The van der Waals surface area contributed by atoms with Crippen LogP contribution in [0, 0.1) is 0 Å². The second-order valence-electron chi connectivity index (χ2n) is 6.20. The molecule has 110 valence electrons. The van der Waals surface area contributed by atoms with Crippen molar-refractivity contribution in [2.24, 2.45) is 0 Å². The predicted octanol–water partition coefficient (Wildman–Crippen LogP) is 4.81. The van der Waals surface area contributed by atoms with Gasteiger partial charge in [-0.3, -0.25) is 4.79 Å². The number of unbranched alkanes of at least 4 members (excludes halogenated alkanes) is 3. The lowest BCUT2D eigenvalue weighted by Gasteiger charge is -2.18. The van der Waals surface area contributed by atoms with Gasteiger partial charge >= 0.3 is 0 Å². The van der Waals surface area contributed by atoms with Gasteiger partial charge in [-0.1, -0.05) is 58.7 Å². The van der Waals surface area contributed by atoms with E-state index in [2.05, 4.69) is 33.0 Å². The number of hydrogen-bond acceptors (Lipinski definition) is 1. The third kappa shape index (κ3) is 5.60. The van der Waals surface area contributed by atoms with E-state index >= 15 is 0 Å². The molecule has 1 aromatic rings. The molecule has 0 saturated heterocycles. The second kappa shape index (κ2) is 7.88.